The minimum absolute atomic E-state index is 0.0940. The van der Waals surface area contributed by atoms with Crippen LogP contribution in [0, 0.1) is 18.2 Å². The highest BCUT2D eigenvalue weighted by Gasteiger charge is 2.63. The lowest BCUT2D eigenvalue weighted by Crippen LogP contribution is -2.52. The SMILES string of the molecule is Cc1nccc(C(=O)NC2CCCC3(C2)C(=O)N(c2ccc(F)cc2)CC3(C)F)n1. The second-order valence-corrected chi connectivity index (χ2v) is 8.40. The van der Waals surface area contributed by atoms with Crippen LogP contribution in [-0.4, -0.2) is 40.0 Å². The maximum absolute atomic E-state index is 15.8. The molecule has 1 aliphatic heterocycles. The molecule has 2 amide bonds. The molecule has 2 heterocycles. The number of benzene rings is 1. The van der Waals surface area contributed by atoms with Gasteiger partial charge in [0.05, 0.1) is 12.0 Å². The fourth-order valence-electron chi connectivity index (χ4n) is 4.74. The van der Waals surface area contributed by atoms with Crippen molar-refractivity contribution in [2.75, 3.05) is 11.4 Å². The second-order valence-electron chi connectivity index (χ2n) is 8.40. The molecule has 2 aromatic rings. The first-order valence-corrected chi connectivity index (χ1v) is 10.1. The van der Waals surface area contributed by atoms with E-state index in [1.165, 1.54) is 48.4 Å². The van der Waals surface area contributed by atoms with Gasteiger partial charge in [-0.2, -0.15) is 0 Å². The Hall–Kier alpha value is -2.90. The zero-order valence-corrected chi connectivity index (χ0v) is 17.0. The number of amides is 2. The summed E-state index contributed by atoms with van der Waals surface area (Å²) in [6.07, 6.45) is 3.43. The number of halogens is 2. The zero-order valence-electron chi connectivity index (χ0n) is 17.0. The van der Waals surface area contributed by atoms with E-state index in [2.05, 4.69) is 15.3 Å². The van der Waals surface area contributed by atoms with Crippen molar-refractivity contribution in [2.24, 2.45) is 5.41 Å². The Balaban J connectivity index is 1.56. The van der Waals surface area contributed by atoms with E-state index < -0.39 is 16.9 Å². The van der Waals surface area contributed by atoms with Crippen LogP contribution in [0.5, 0.6) is 0 Å². The molecule has 158 valence electrons. The zero-order chi connectivity index (χ0) is 21.5. The van der Waals surface area contributed by atoms with Gasteiger partial charge in [-0.05, 0) is 63.4 Å². The summed E-state index contributed by atoms with van der Waals surface area (Å²) in [6.45, 7) is 3.05. The highest BCUT2D eigenvalue weighted by Crippen LogP contribution is 2.53. The predicted molar refractivity (Wildman–Crippen MR) is 107 cm³/mol. The molecule has 1 aliphatic carbocycles. The molecule has 1 saturated heterocycles. The second kappa shape index (κ2) is 7.41. The molecule has 2 fully saturated rings. The number of rotatable bonds is 3. The molecule has 3 atom stereocenters. The molecule has 1 aromatic carbocycles. The monoisotopic (exact) mass is 414 g/mol. The number of aromatic nitrogens is 2. The van der Waals surface area contributed by atoms with Gasteiger partial charge in [0, 0.05) is 17.9 Å². The third-order valence-electron chi connectivity index (χ3n) is 6.34. The van der Waals surface area contributed by atoms with E-state index in [1.807, 2.05) is 0 Å². The molecular weight excluding hydrogens is 390 g/mol. The summed E-state index contributed by atoms with van der Waals surface area (Å²) >= 11 is 0. The van der Waals surface area contributed by atoms with Crippen LogP contribution in [0.4, 0.5) is 14.5 Å². The van der Waals surface area contributed by atoms with Crippen molar-refractivity contribution in [1.82, 2.24) is 15.3 Å². The first-order valence-electron chi connectivity index (χ1n) is 10.1. The molecule has 4 rings (SSSR count). The van der Waals surface area contributed by atoms with Crippen molar-refractivity contribution in [3.63, 3.8) is 0 Å². The lowest BCUT2D eigenvalue weighted by molar-refractivity contribution is -0.133. The maximum Gasteiger partial charge on any atom is 0.270 e. The quantitative estimate of drug-likeness (QED) is 0.836. The number of nitrogens with one attached hydrogen (secondary N) is 1. The van der Waals surface area contributed by atoms with Crippen molar-refractivity contribution in [2.45, 2.75) is 51.2 Å². The van der Waals surface area contributed by atoms with Crippen LogP contribution < -0.4 is 10.2 Å². The van der Waals surface area contributed by atoms with Crippen molar-refractivity contribution in [3.05, 3.63) is 53.9 Å². The minimum Gasteiger partial charge on any atom is -0.348 e. The molecule has 2 aliphatic rings. The third-order valence-corrected chi connectivity index (χ3v) is 6.34. The number of alkyl halides is 1. The largest absolute Gasteiger partial charge is 0.348 e. The summed E-state index contributed by atoms with van der Waals surface area (Å²) in [4.78, 5) is 35.5. The smallest absolute Gasteiger partial charge is 0.270 e. The minimum atomic E-state index is -1.77. The molecule has 3 unspecified atom stereocenters. The fourth-order valence-corrected chi connectivity index (χ4v) is 4.74. The summed E-state index contributed by atoms with van der Waals surface area (Å²) < 4.78 is 29.1. The van der Waals surface area contributed by atoms with Crippen LogP contribution in [0.3, 0.4) is 0 Å². The van der Waals surface area contributed by atoms with Crippen LogP contribution in [0.15, 0.2) is 36.5 Å². The normalized spacial score (nSPS) is 28.7. The van der Waals surface area contributed by atoms with Gasteiger partial charge >= 0.3 is 0 Å². The topological polar surface area (TPSA) is 75.2 Å². The van der Waals surface area contributed by atoms with Gasteiger partial charge in [0.1, 0.15) is 23.0 Å². The Morgan fingerprint density at radius 2 is 2.00 bits per heavy atom. The van der Waals surface area contributed by atoms with Gasteiger partial charge in [-0.25, -0.2) is 18.7 Å². The van der Waals surface area contributed by atoms with Crippen molar-refractivity contribution in [3.8, 4) is 0 Å². The van der Waals surface area contributed by atoms with E-state index in [-0.39, 0.29) is 36.5 Å². The number of hydrogen-bond acceptors (Lipinski definition) is 4. The van der Waals surface area contributed by atoms with Crippen LogP contribution in [0.2, 0.25) is 0 Å². The highest BCUT2D eigenvalue weighted by molar-refractivity contribution is 6.01. The van der Waals surface area contributed by atoms with Crippen LogP contribution >= 0.6 is 0 Å². The Kier molecular flexibility index (Phi) is 5.03. The van der Waals surface area contributed by atoms with Crippen LogP contribution in [0.25, 0.3) is 0 Å². The van der Waals surface area contributed by atoms with E-state index in [9.17, 15) is 14.0 Å². The average Bonchev–Trinajstić information content (AvgIpc) is 2.89. The number of anilines is 1. The number of carbonyl (C=O) groups is 2. The van der Waals surface area contributed by atoms with Gasteiger partial charge in [0.2, 0.25) is 5.91 Å². The lowest BCUT2D eigenvalue weighted by Gasteiger charge is -2.41. The first-order chi connectivity index (χ1) is 14.2. The third kappa shape index (κ3) is 3.44. The van der Waals surface area contributed by atoms with Crippen molar-refractivity contribution < 1.29 is 18.4 Å². The molecule has 30 heavy (non-hydrogen) atoms. The van der Waals surface area contributed by atoms with Crippen molar-refractivity contribution >= 4 is 17.5 Å². The molecule has 0 radical (unpaired) electrons. The van der Waals surface area contributed by atoms with Gasteiger partial charge in [-0.15, -0.1) is 0 Å². The molecule has 0 bridgehead atoms. The molecule has 6 nitrogen and oxygen atoms in total. The van der Waals surface area contributed by atoms with Crippen LogP contribution in [0.1, 0.15) is 48.9 Å². The van der Waals surface area contributed by atoms with Crippen molar-refractivity contribution in [1.29, 1.82) is 0 Å². The van der Waals surface area contributed by atoms with Crippen LogP contribution in [-0.2, 0) is 4.79 Å². The number of carbonyl (C=O) groups excluding carboxylic acids is 2. The summed E-state index contributed by atoms with van der Waals surface area (Å²) in [7, 11) is 0. The average molecular weight is 414 g/mol. The molecular formula is C22H24F2N4O2. The predicted octanol–water partition coefficient (Wildman–Crippen LogP) is 3.36. The number of aryl methyl sites for hydroxylation is 1. The Morgan fingerprint density at radius 1 is 1.27 bits per heavy atom. The van der Waals surface area contributed by atoms with Gasteiger partial charge in [0.15, 0.2) is 0 Å². The van der Waals surface area contributed by atoms with E-state index >= 15 is 4.39 Å². The molecule has 8 heteroatoms. The van der Waals surface area contributed by atoms with E-state index in [4.69, 9.17) is 0 Å². The van der Waals surface area contributed by atoms with E-state index in [1.54, 1.807) is 6.92 Å². The van der Waals surface area contributed by atoms with E-state index in [0.29, 0.717) is 30.8 Å². The van der Waals surface area contributed by atoms with Gasteiger partial charge < -0.3 is 10.2 Å². The Morgan fingerprint density at radius 3 is 2.70 bits per heavy atom. The van der Waals surface area contributed by atoms with Gasteiger partial charge in [-0.3, -0.25) is 9.59 Å². The number of nitrogens with zero attached hydrogens (tertiary/aromatic N) is 3. The maximum atomic E-state index is 15.8. The van der Waals surface area contributed by atoms with E-state index in [0.717, 1.165) is 0 Å². The molecule has 1 aromatic heterocycles. The summed E-state index contributed by atoms with van der Waals surface area (Å²) in [5.41, 5.74) is -2.27. The Labute approximate surface area is 173 Å². The standard InChI is InChI=1S/C22H24F2N4O2/c1-14-25-11-9-18(26-14)19(29)27-16-4-3-10-22(12-16)20(30)28(13-21(22,2)24)17-7-5-15(23)6-8-17/h5-9,11,16H,3-4,10,12-13H2,1-2H3,(H,27,29). The summed E-state index contributed by atoms with van der Waals surface area (Å²) in [5, 5.41) is 2.92. The fraction of sp³-hybridized carbons (Fsp3) is 0.455. The number of hydrogen-bond donors (Lipinski definition) is 1. The summed E-state index contributed by atoms with van der Waals surface area (Å²) in [6, 6.07) is 6.68. The highest BCUT2D eigenvalue weighted by atomic mass is 19.1. The summed E-state index contributed by atoms with van der Waals surface area (Å²) in [5.74, 6) is -0.594. The molecule has 1 spiro atoms. The first kappa shape index (κ1) is 20.4. The van der Waals surface area contributed by atoms with Gasteiger partial charge in [-0.1, -0.05) is 6.42 Å². The lowest BCUT2D eigenvalue weighted by atomic mass is 9.65. The Bertz CT molecular complexity index is 979. The van der Waals surface area contributed by atoms with Gasteiger partial charge in [0.25, 0.3) is 5.91 Å². The molecule has 1 N–H and O–H groups in total. The molecule has 1 saturated carbocycles.